The second-order valence-corrected chi connectivity index (χ2v) is 6.96. The predicted octanol–water partition coefficient (Wildman–Crippen LogP) is 4.98. The lowest BCUT2D eigenvalue weighted by Gasteiger charge is -2.22. The Bertz CT molecular complexity index is 971. The summed E-state index contributed by atoms with van der Waals surface area (Å²) >= 11 is 0. The molecule has 29 heavy (non-hydrogen) atoms. The van der Waals surface area contributed by atoms with Crippen molar-refractivity contribution >= 4 is 23.1 Å². The summed E-state index contributed by atoms with van der Waals surface area (Å²) in [6, 6.07) is 15.5. The molecule has 0 aliphatic rings. The zero-order chi connectivity index (χ0) is 20.8. The molecular weight excluding hydrogens is 364 g/mol. The second-order valence-electron chi connectivity index (χ2n) is 6.96. The van der Waals surface area contributed by atoms with Crippen LogP contribution in [0.1, 0.15) is 36.8 Å². The van der Waals surface area contributed by atoms with E-state index in [1.54, 1.807) is 12.3 Å². The van der Waals surface area contributed by atoms with Crippen molar-refractivity contribution in [1.29, 1.82) is 0 Å². The molecule has 0 atom stereocenters. The van der Waals surface area contributed by atoms with Gasteiger partial charge in [0.15, 0.2) is 5.82 Å². The Balaban J connectivity index is 1.77. The van der Waals surface area contributed by atoms with Crippen LogP contribution in [0.4, 0.5) is 17.2 Å². The number of hydrogen-bond donors (Lipinski definition) is 1. The smallest absolute Gasteiger partial charge is 0.275 e. The average molecular weight is 390 g/mol. The molecule has 0 radical (unpaired) electrons. The normalized spacial score (nSPS) is 10.7. The first-order valence-electron chi connectivity index (χ1n) is 9.71. The van der Waals surface area contributed by atoms with Crippen molar-refractivity contribution in [3.63, 3.8) is 0 Å². The van der Waals surface area contributed by atoms with Crippen molar-refractivity contribution in [2.45, 2.75) is 33.8 Å². The van der Waals surface area contributed by atoms with Gasteiger partial charge in [-0.3, -0.25) is 4.79 Å². The molecule has 0 spiro atoms. The Morgan fingerprint density at radius 3 is 2.55 bits per heavy atom. The van der Waals surface area contributed by atoms with Crippen molar-refractivity contribution in [2.75, 3.05) is 16.8 Å². The monoisotopic (exact) mass is 390 g/mol. The number of ether oxygens (including phenoxy) is 1. The highest BCUT2D eigenvalue weighted by Crippen LogP contribution is 2.26. The van der Waals surface area contributed by atoms with Gasteiger partial charge in [-0.25, -0.2) is 9.97 Å². The number of benzene rings is 2. The van der Waals surface area contributed by atoms with Gasteiger partial charge >= 0.3 is 0 Å². The zero-order valence-corrected chi connectivity index (χ0v) is 17.2. The van der Waals surface area contributed by atoms with Gasteiger partial charge in [-0.2, -0.15) is 0 Å². The quantitative estimate of drug-likeness (QED) is 0.616. The molecule has 1 N–H and O–H groups in total. The number of nitrogens with one attached hydrogen (secondary N) is 1. The van der Waals surface area contributed by atoms with E-state index < -0.39 is 0 Å². The van der Waals surface area contributed by atoms with Crippen LogP contribution in [0, 0.1) is 6.92 Å². The zero-order valence-electron chi connectivity index (χ0n) is 17.2. The van der Waals surface area contributed by atoms with Crippen molar-refractivity contribution in [3.8, 4) is 5.75 Å². The summed E-state index contributed by atoms with van der Waals surface area (Å²) in [4.78, 5) is 23.5. The van der Waals surface area contributed by atoms with E-state index in [0.29, 0.717) is 17.3 Å². The fourth-order valence-corrected chi connectivity index (χ4v) is 2.96. The minimum atomic E-state index is -0.331. The minimum absolute atomic E-state index is 0.00813. The van der Waals surface area contributed by atoms with Crippen LogP contribution < -0.4 is 15.0 Å². The molecule has 1 amide bonds. The Morgan fingerprint density at radius 2 is 1.90 bits per heavy atom. The molecule has 0 unspecified atom stereocenters. The molecule has 0 fully saturated rings. The van der Waals surface area contributed by atoms with Crippen LogP contribution in [0.2, 0.25) is 0 Å². The molecule has 6 nitrogen and oxygen atoms in total. The van der Waals surface area contributed by atoms with Gasteiger partial charge in [0.1, 0.15) is 11.4 Å². The molecule has 6 heteroatoms. The summed E-state index contributed by atoms with van der Waals surface area (Å²) in [5, 5.41) is 2.85. The van der Waals surface area contributed by atoms with Gasteiger partial charge in [0.05, 0.1) is 24.2 Å². The largest absolute Gasteiger partial charge is 0.489 e. The third kappa shape index (κ3) is 5.10. The third-order valence-electron chi connectivity index (χ3n) is 4.27. The molecule has 0 aliphatic heterocycles. The number of carbonyl (C=O) groups is 1. The van der Waals surface area contributed by atoms with Crippen LogP contribution in [0.3, 0.4) is 0 Å². The lowest BCUT2D eigenvalue weighted by Crippen LogP contribution is -2.20. The van der Waals surface area contributed by atoms with Crippen molar-refractivity contribution in [3.05, 3.63) is 72.2 Å². The Morgan fingerprint density at radius 1 is 1.10 bits per heavy atom. The fourth-order valence-electron chi connectivity index (χ4n) is 2.96. The molecule has 0 bridgehead atoms. The number of aromatic nitrogens is 2. The summed E-state index contributed by atoms with van der Waals surface area (Å²) in [6.07, 6.45) is 3.13. The lowest BCUT2D eigenvalue weighted by atomic mass is 10.2. The van der Waals surface area contributed by atoms with Crippen LogP contribution in [-0.2, 0) is 0 Å². The maximum absolute atomic E-state index is 12.6. The molecule has 150 valence electrons. The van der Waals surface area contributed by atoms with Crippen LogP contribution in [0.5, 0.6) is 5.75 Å². The summed E-state index contributed by atoms with van der Waals surface area (Å²) in [5.41, 5.74) is 3.06. The number of nitrogens with zero attached hydrogens (tertiary/aromatic N) is 3. The topological polar surface area (TPSA) is 67.4 Å². The Kier molecular flexibility index (Phi) is 6.44. The molecule has 1 heterocycles. The number of hydrogen-bond acceptors (Lipinski definition) is 5. The molecular formula is C23H26N4O2. The van der Waals surface area contributed by atoms with E-state index in [9.17, 15) is 4.79 Å². The van der Waals surface area contributed by atoms with Crippen LogP contribution in [-0.4, -0.2) is 28.5 Å². The highest BCUT2D eigenvalue weighted by atomic mass is 16.5. The SMILES string of the molecule is CCN(c1cccc(C)c1)c1cnc(C(=O)Nc2ccccc2OC(C)C)cn1. The Hall–Kier alpha value is -3.41. The summed E-state index contributed by atoms with van der Waals surface area (Å²) in [7, 11) is 0. The van der Waals surface area contributed by atoms with E-state index in [1.165, 1.54) is 11.8 Å². The van der Waals surface area contributed by atoms with Gasteiger partial charge in [0, 0.05) is 12.2 Å². The standard InChI is InChI=1S/C23H26N4O2/c1-5-27(18-10-8-9-17(4)13-18)22-15-24-20(14-25-22)23(28)26-19-11-6-7-12-21(19)29-16(2)3/h6-16H,5H2,1-4H3,(H,26,28). The number of rotatable bonds is 7. The molecule has 3 rings (SSSR count). The fraction of sp³-hybridized carbons (Fsp3) is 0.261. The first-order valence-corrected chi connectivity index (χ1v) is 9.71. The number of aryl methyl sites for hydroxylation is 1. The van der Waals surface area contributed by atoms with Crippen molar-refractivity contribution in [2.24, 2.45) is 0 Å². The molecule has 2 aromatic carbocycles. The van der Waals surface area contributed by atoms with Gasteiger partial charge < -0.3 is 15.0 Å². The van der Waals surface area contributed by atoms with E-state index in [4.69, 9.17) is 4.74 Å². The van der Waals surface area contributed by atoms with Crippen LogP contribution in [0.25, 0.3) is 0 Å². The number of para-hydroxylation sites is 2. The first-order chi connectivity index (χ1) is 14.0. The van der Waals surface area contributed by atoms with E-state index in [-0.39, 0.29) is 17.7 Å². The van der Waals surface area contributed by atoms with Crippen LogP contribution in [0.15, 0.2) is 60.9 Å². The second kappa shape index (κ2) is 9.19. The summed E-state index contributed by atoms with van der Waals surface area (Å²) < 4.78 is 5.75. The lowest BCUT2D eigenvalue weighted by molar-refractivity contribution is 0.102. The van der Waals surface area contributed by atoms with Gasteiger partial charge in [0.2, 0.25) is 0 Å². The molecule has 0 saturated heterocycles. The van der Waals surface area contributed by atoms with E-state index in [2.05, 4.69) is 41.3 Å². The third-order valence-corrected chi connectivity index (χ3v) is 4.27. The van der Waals surface area contributed by atoms with Crippen LogP contribution >= 0.6 is 0 Å². The predicted molar refractivity (Wildman–Crippen MR) is 116 cm³/mol. The molecule has 3 aromatic rings. The minimum Gasteiger partial charge on any atom is -0.489 e. The molecule has 0 saturated carbocycles. The van der Waals surface area contributed by atoms with Gasteiger partial charge in [-0.1, -0.05) is 24.3 Å². The first kappa shape index (κ1) is 20.3. The maximum Gasteiger partial charge on any atom is 0.275 e. The highest BCUT2D eigenvalue weighted by molar-refractivity contribution is 6.03. The molecule has 0 aliphatic carbocycles. The van der Waals surface area contributed by atoms with E-state index in [1.807, 2.05) is 49.1 Å². The number of anilines is 3. The summed E-state index contributed by atoms with van der Waals surface area (Å²) in [6.45, 7) is 8.73. The summed E-state index contributed by atoms with van der Waals surface area (Å²) in [5.74, 6) is 0.984. The number of carbonyl (C=O) groups excluding carboxylic acids is 1. The van der Waals surface area contributed by atoms with E-state index >= 15 is 0 Å². The van der Waals surface area contributed by atoms with Gasteiger partial charge in [0.25, 0.3) is 5.91 Å². The molecule has 1 aromatic heterocycles. The van der Waals surface area contributed by atoms with Gasteiger partial charge in [-0.05, 0) is 57.5 Å². The number of amides is 1. The highest BCUT2D eigenvalue weighted by Gasteiger charge is 2.14. The van der Waals surface area contributed by atoms with Gasteiger partial charge in [-0.15, -0.1) is 0 Å². The van der Waals surface area contributed by atoms with Crippen molar-refractivity contribution in [1.82, 2.24) is 9.97 Å². The van der Waals surface area contributed by atoms with Crippen molar-refractivity contribution < 1.29 is 9.53 Å². The maximum atomic E-state index is 12.6. The van der Waals surface area contributed by atoms with E-state index in [0.717, 1.165) is 12.2 Å². The average Bonchev–Trinajstić information content (AvgIpc) is 2.70. The Labute approximate surface area is 171 Å².